The number of thiophene rings is 1. The second kappa shape index (κ2) is 5.46. The van der Waals surface area contributed by atoms with Gasteiger partial charge < -0.3 is 5.73 Å². The molecule has 0 bridgehead atoms. The molecule has 2 rings (SSSR count). The average molecular weight is 288 g/mol. The van der Waals surface area contributed by atoms with Gasteiger partial charge in [0.05, 0.1) is 0 Å². The molecular weight excluding hydrogens is 270 g/mol. The van der Waals surface area contributed by atoms with Gasteiger partial charge in [-0.1, -0.05) is 25.7 Å². The molecule has 0 saturated heterocycles. The van der Waals surface area contributed by atoms with Crippen LogP contribution in [0.1, 0.15) is 30.6 Å². The van der Waals surface area contributed by atoms with Gasteiger partial charge in [-0.25, -0.2) is 0 Å². The average Bonchev–Trinajstić information content (AvgIpc) is 2.85. The number of halogens is 1. The summed E-state index contributed by atoms with van der Waals surface area (Å²) >= 11 is 5.36. The maximum absolute atomic E-state index is 5.90. The zero-order valence-electron chi connectivity index (χ0n) is 8.92. The van der Waals surface area contributed by atoms with Crippen LogP contribution in [0.3, 0.4) is 0 Å². The summed E-state index contributed by atoms with van der Waals surface area (Å²) in [6, 6.07) is 2.24. The second-order valence-corrected chi connectivity index (χ2v) is 6.39. The Kier molecular flexibility index (Phi) is 4.23. The van der Waals surface area contributed by atoms with Gasteiger partial charge in [0.2, 0.25) is 0 Å². The lowest BCUT2D eigenvalue weighted by Crippen LogP contribution is -2.23. The van der Waals surface area contributed by atoms with E-state index < -0.39 is 0 Å². The summed E-state index contributed by atoms with van der Waals surface area (Å²) in [5.41, 5.74) is 5.90. The molecule has 1 unspecified atom stereocenters. The summed E-state index contributed by atoms with van der Waals surface area (Å²) in [6.07, 6.45) is 6.80. The Morgan fingerprint density at radius 3 is 2.73 bits per heavy atom. The molecule has 3 heteroatoms. The van der Waals surface area contributed by atoms with Crippen LogP contribution < -0.4 is 5.73 Å². The molecule has 1 saturated carbocycles. The Hall–Kier alpha value is 0.140. The molecule has 1 aromatic rings. The second-order valence-electron chi connectivity index (χ2n) is 4.48. The van der Waals surface area contributed by atoms with Gasteiger partial charge in [-0.2, -0.15) is 0 Å². The first kappa shape index (κ1) is 11.6. The Labute approximate surface area is 104 Å². The molecule has 0 radical (unpaired) electrons. The lowest BCUT2D eigenvalue weighted by atomic mass is 9.88. The van der Waals surface area contributed by atoms with Crippen LogP contribution in [0.5, 0.6) is 0 Å². The van der Waals surface area contributed by atoms with Crippen molar-refractivity contribution in [2.75, 3.05) is 6.54 Å². The van der Waals surface area contributed by atoms with E-state index in [4.69, 9.17) is 5.73 Å². The summed E-state index contributed by atoms with van der Waals surface area (Å²) < 4.78 is 1.21. The van der Waals surface area contributed by atoms with Crippen LogP contribution in [0, 0.1) is 11.8 Å². The SMILES string of the molecule is NCC(Cc1cc(Br)cs1)C1CCCC1. The molecule has 1 aliphatic carbocycles. The summed E-state index contributed by atoms with van der Waals surface area (Å²) in [7, 11) is 0. The number of rotatable bonds is 4. The van der Waals surface area contributed by atoms with Crippen molar-refractivity contribution < 1.29 is 0 Å². The van der Waals surface area contributed by atoms with Crippen LogP contribution in [-0.4, -0.2) is 6.54 Å². The highest BCUT2D eigenvalue weighted by atomic mass is 79.9. The topological polar surface area (TPSA) is 26.0 Å². The lowest BCUT2D eigenvalue weighted by Gasteiger charge is -2.20. The van der Waals surface area contributed by atoms with E-state index >= 15 is 0 Å². The predicted molar refractivity (Wildman–Crippen MR) is 70.2 cm³/mol. The van der Waals surface area contributed by atoms with E-state index in [-0.39, 0.29) is 0 Å². The summed E-state index contributed by atoms with van der Waals surface area (Å²) in [5.74, 6) is 1.59. The van der Waals surface area contributed by atoms with E-state index in [0.717, 1.165) is 12.5 Å². The van der Waals surface area contributed by atoms with Crippen LogP contribution >= 0.6 is 27.3 Å². The van der Waals surface area contributed by atoms with Gasteiger partial charge >= 0.3 is 0 Å². The summed E-state index contributed by atoms with van der Waals surface area (Å²) in [4.78, 5) is 1.48. The molecule has 0 aromatic carbocycles. The highest BCUT2D eigenvalue weighted by Crippen LogP contribution is 2.34. The fraction of sp³-hybridized carbons (Fsp3) is 0.667. The zero-order valence-corrected chi connectivity index (χ0v) is 11.3. The Balaban J connectivity index is 1.95. The molecule has 1 aliphatic rings. The zero-order chi connectivity index (χ0) is 10.7. The minimum absolute atomic E-state index is 0.707. The first-order valence-corrected chi connectivity index (χ1v) is 7.40. The lowest BCUT2D eigenvalue weighted by molar-refractivity contribution is 0.346. The van der Waals surface area contributed by atoms with Crippen molar-refractivity contribution in [3.05, 3.63) is 20.8 Å². The number of hydrogen-bond acceptors (Lipinski definition) is 2. The molecule has 0 aliphatic heterocycles. The van der Waals surface area contributed by atoms with Gasteiger partial charge in [0.25, 0.3) is 0 Å². The monoisotopic (exact) mass is 287 g/mol. The van der Waals surface area contributed by atoms with Gasteiger partial charge in [0.15, 0.2) is 0 Å². The van der Waals surface area contributed by atoms with E-state index in [1.165, 1.54) is 41.5 Å². The molecule has 1 fully saturated rings. The van der Waals surface area contributed by atoms with E-state index in [0.29, 0.717) is 5.92 Å². The van der Waals surface area contributed by atoms with E-state index in [1.54, 1.807) is 0 Å². The van der Waals surface area contributed by atoms with Crippen LogP contribution in [0.2, 0.25) is 0 Å². The van der Waals surface area contributed by atoms with Gasteiger partial charge in [-0.05, 0) is 46.8 Å². The van der Waals surface area contributed by atoms with Crippen LogP contribution in [0.25, 0.3) is 0 Å². The standard InChI is InChI=1S/C12H18BrNS/c13-11-6-12(15-8-11)5-10(7-14)9-3-1-2-4-9/h6,8-10H,1-5,7,14H2. The van der Waals surface area contributed by atoms with Crippen molar-refractivity contribution in [3.8, 4) is 0 Å². The third kappa shape index (κ3) is 3.05. The van der Waals surface area contributed by atoms with Crippen molar-refractivity contribution in [3.63, 3.8) is 0 Å². The molecule has 0 amide bonds. The molecule has 84 valence electrons. The van der Waals surface area contributed by atoms with E-state index in [9.17, 15) is 0 Å². The van der Waals surface area contributed by atoms with Crippen molar-refractivity contribution in [2.45, 2.75) is 32.1 Å². The minimum Gasteiger partial charge on any atom is -0.330 e. The summed E-state index contributed by atoms with van der Waals surface area (Å²) in [6.45, 7) is 0.847. The predicted octanol–water partition coefficient (Wildman–Crippen LogP) is 3.82. The molecule has 2 N–H and O–H groups in total. The maximum Gasteiger partial charge on any atom is 0.0285 e. The van der Waals surface area contributed by atoms with Gasteiger partial charge in [-0.3, -0.25) is 0 Å². The van der Waals surface area contributed by atoms with Crippen molar-refractivity contribution >= 4 is 27.3 Å². The fourth-order valence-corrected chi connectivity index (χ4v) is 4.14. The van der Waals surface area contributed by atoms with Crippen LogP contribution in [-0.2, 0) is 6.42 Å². The van der Waals surface area contributed by atoms with Crippen molar-refractivity contribution in [2.24, 2.45) is 17.6 Å². The molecule has 1 heterocycles. The highest BCUT2D eigenvalue weighted by Gasteiger charge is 2.24. The van der Waals surface area contributed by atoms with Crippen LogP contribution in [0.4, 0.5) is 0 Å². The molecule has 0 spiro atoms. The first-order valence-electron chi connectivity index (χ1n) is 5.72. The maximum atomic E-state index is 5.90. The first-order chi connectivity index (χ1) is 7.29. The summed E-state index contributed by atoms with van der Waals surface area (Å²) in [5, 5.41) is 2.16. The Bertz CT molecular complexity index is 304. The fourth-order valence-electron chi connectivity index (χ4n) is 2.59. The molecule has 1 atom stereocenters. The molecule has 1 nitrogen and oxygen atoms in total. The highest BCUT2D eigenvalue weighted by molar-refractivity contribution is 9.10. The van der Waals surface area contributed by atoms with E-state index in [2.05, 4.69) is 27.4 Å². The molecule has 1 aromatic heterocycles. The molecule has 15 heavy (non-hydrogen) atoms. The van der Waals surface area contributed by atoms with Crippen LogP contribution in [0.15, 0.2) is 15.9 Å². The third-order valence-corrected chi connectivity index (χ3v) is 5.17. The van der Waals surface area contributed by atoms with Gasteiger partial charge in [0, 0.05) is 14.7 Å². The largest absolute Gasteiger partial charge is 0.330 e. The smallest absolute Gasteiger partial charge is 0.0285 e. The Morgan fingerprint density at radius 1 is 1.47 bits per heavy atom. The quantitative estimate of drug-likeness (QED) is 0.895. The number of hydrogen-bond donors (Lipinski definition) is 1. The van der Waals surface area contributed by atoms with Gasteiger partial charge in [0.1, 0.15) is 0 Å². The molecular formula is C12H18BrNS. The van der Waals surface area contributed by atoms with E-state index in [1.807, 2.05) is 11.3 Å². The minimum atomic E-state index is 0.707. The Morgan fingerprint density at radius 2 is 2.20 bits per heavy atom. The third-order valence-electron chi connectivity index (χ3n) is 3.45. The number of nitrogens with two attached hydrogens (primary N) is 1. The van der Waals surface area contributed by atoms with Crippen molar-refractivity contribution in [1.82, 2.24) is 0 Å². The van der Waals surface area contributed by atoms with Crippen molar-refractivity contribution in [1.29, 1.82) is 0 Å². The van der Waals surface area contributed by atoms with Gasteiger partial charge in [-0.15, -0.1) is 11.3 Å². The normalized spacial score (nSPS) is 19.6.